The fourth-order valence-corrected chi connectivity index (χ4v) is 2.13. The summed E-state index contributed by atoms with van der Waals surface area (Å²) in [6.07, 6.45) is 3.14. The lowest BCUT2D eigenvalue weighted by Gasteiger charge is -1.81. The molecule has 0 fully saturated rings. The maximum atomic E-state index is 3.64. The van der Waals surface area contributed by atoms with E-state index in [0.717, 1.165) is 10.2 Å². The Labute approximate surface area is 56.6 Å². The molecule has 8 heavy (non-hydrogen) atoms. The average molecular weight is 140 g/mol. The molecule has 0 aromatic carbocycles. The lowest BCUT2D eigenvalue weighted by atomic mass is 10.5. The molecular weight excluding hydrogens is 128 g/mol. The van der Waals surface area contributed by atoms with Crippen LogP contribution in [-0.4, -0.2) is 19.8 Å². The summed E-state index contributed by atoms with van der Waals surface area (Å²) in [5, 5.41) is 0. The predicted molar refractivity (Wildman–Crippen MR) is 45.9 cm³/mol. The van der Waals surface area contributed by atoms with Crippen molar-refractivity contribution in [3.05, 3.63) is 12.7 Å². The molecule has 0 nitrogen and oxygen atoms in total. The van der Waals surface area contributed by atoms with Gasteiger partial charge in [0.1, 0.15) is 9.52 Å². The van der Waals surface area contributed by atoms with Crippen molar-refractivity contribution in [3.8, 4) is 11.1 Å². The Balaban J connectivity index is 2.89. The molecule has 0 rings (SSSR count). The largest absolute Gasteiger partial charge is 0.151 e. The monoisotopic (exact) mass is 140 g/mol. The van der Waals surface area contributed by atoms with Crippen LogP contribution in [0, 0.1) is 11.1 Å². The summed E-state index contributed by atoms with van der Waals surface area (Å²) in [5.41, 5.74) is 6.23. The summed E-state index contributed by atoms with van der Waals surface area (Å²) < 4.78 is 0. The van der Waals surface area contributed by atoms with Crippen molar-refractivity contribution in [2.75, 3.05) is 0 Å². The van der Waals surface area contributed by atoms with Gasteiger partial charge in [-0.3, -0.25) is 0 Å². The lowest BCUT2D eigenvalue weighted by Crippen LogP contribution is -1.81. The number of rotatable bonds is 3. The highest BCUT2D eigenvalue weighted by molar-refractivity contribution is 6.47. The molecule has 0 unspecified atom stereocenters. The maximum Gasteiger partial charge on any atom is 0.106 e. The van der Waals surface area contributed by atoms with Gasteiger partial charge in [0.2, 0.25) is 0 Å². The highest BCUT2D eigenvalue weighted by Gasteiger charge is 1.76. The van der Waals surface area contributed by atoms with E-state index in [2.05, 4.69) is 17.7 Å². The smallest absolute Gasteiger partial charge is 0.106 e. The molecule has 0 aromatic heterocycles. The van der Waals surface area contributed by atoms with Crippen LogP contribution in [0.3, 0.4) is 0 Å². The zero-order valence-electron chi connectivity index (χ0n) is 5.41. The minimum absolute atomic E-state index is 0.00265. The van der Waals surface area contributed by atoms with Crippen molar-refractivity contribution in [2.45, 2.75) is 12.5 Å². The van der Waals surface area contributed by atoms with Crippen molar-refractivity contribution in [1.82, 2.24) is 0 Å². The summed E-state index contributed by atoms with van der Waals surface area (Å²) in [4.78, 5) is 0. The minimum Gasteiger partial charge on any atom is -0.151 e. The van der Waals surface area contributed by atoms with Crippen molar-refractivity contribution >= 4 is 19.8 Å². The quantitative estimate of drug-likeness (QED) is 0.213. The molecular formula is C6H12Si2. The third-order valence-corrected chi connectivity index (χ3v) is 3.31. The maximum absolute atomic E-state index is 3.64. The van der Waals surface area contributed by atoms with Crippen LogP contribution in [0.4, 0.5) is 0 Å². The highest BCUT2D eigenvalue weighted by Crippen LogP contribution is 1.85. The summed E-state index contributed by atoms with van der Waals surface area (Å²) >= 11 is 0. The Hall–Kier alpha value is -0.266. The SMILES string of the molecule is C=CCC[SiH2]C#C[SiH3]. The van der Waals surface area contributed by atoms with Crippen LogP contribution in [0.15, 0.2) is 12.7 Å². The van der Waals surface area contributed by atoms with E-state index in [1.807, 2.05) is 6.08 Å². The molecule has 0 saturated carbocycles. The minimum atomic E-state index is 0.00265. The van der Waals surface area contributed by atoms with Gasteiger partial charge < -0.3 is 0 Å². The van der Waals surface area contributed by atoms with E-state index in [1.54, 1.807) is 0 Å². The van der Waals surface area contributed by atoms with Crippen molar-refractivity contribution in [2.24, 2.45) is 0 Å². The number of hydrogen-bond acceptors (Lipinski definition) is 0. The van der Waals surface area contributed by atoms with E-state index >= 15 is 0 Å². The van der Waals surface area contributed by atoms with Gasteiger partial charge in [-0.1, -0.05) is 6.08 Å². The van der Waals surface area contributed by atoms with Crippen LogP contribution >= 0.6 is 0 Å². The molecule has 0 heterocycles. The molecule has 0 aliphatic carbocycles. The van der Waals surface area contributed by atoms with Gasteiger partial charge in [0.25, 0.3) is 0 Å². The second kappa shape index (κ2) is 6.73. The van der Waals surface area contributed by atoms with Crippen LogP contribution in [0.2, 0.25) is 6.04 Å². The Kier molecular flexibility index (Phi) is 6.51. The third-order valence-electron chi connectivity index (χ3n) is 0.887. The van der Waals surface area contributed by atoms with E-state index in [-0.39, 0.29) is 9.52 Å². The molecule has 0 amide bonds. The number of hydrogen-bond donors (Lipinski definition) is 0. The van der Waals surface area contributed by atoms with Gasteiger partial charge in [-0.25, -0.2) is 0 Å². The molecule has 44 valence electrons. The van der Waals surface area contributed by atoms with E-state index in [0.29, 0.717) is 0 Å². The summed E-state index contributed by atoms with van der Waals surface area (Å²) in [6.45, 7) is 3.64. The first-order valence-electron chi connectivity index (χ1n) is 2.92. The van der Waals surface area contributed by atoms with Gasteiger partial charge >= 0.3 is 0 Å². The summed E-state index contributed by atoms with van der Waals surface area (Å²) in [7, 11) is 1.06. The van der Waals surface area contributed by atoms with Crippen molar-refractivity contribution in [1.29, 1.82) is 0 Å². The van der Waals surface area contributed by atoms with Crippen LogP contribution in [0.25, 0.3) is 0 Å². The Bertz CT molecular complexity index is 107. The highest BCUT2D eigenvalue weighted by atomic mass is 28.2. The zero-order valence-corrected chi connectivity index (χ0v) is 8.82. The van der Waals surface area contributed by atoms with E-state index < -0.39 is 0 Å². The van der Waals surface area contributed by atoms with Crippen LogP contribution in [-0.2, 0) is 0 Å². The predicted octanol–water partition coefficient (Wildman–Crippen LogP) is -0.567. The van der Waals surface area contributed by atoms with Gasteiger partial charge in [-0.2, -0.15) is 5.54 Å². The van der Waals surface area contributed by atoms with E-state index in [1.165, 1.54) is 12.5 Å². The molecule has 0 bridgehead atoms. The Morgan fingerprint density at radius 3 is 3.00 bits per heavy atom. The van der Waals surface area contributed by atoms with Crippen LogP contribution in [0.5, 0.6) is 0 Å². The molecule has 0 aliphatic heterocycles. The van der Waals surface area contributed by atoms with Crippen LogP contribution in [0.1, 0.15) is 6.42 Å². The Morgan fingerprint density at radius 2 is 2.50 bits per heavy atom. The molecule has 2 heteroatoms. The van der Waals surface area contributed by atoms with Gasteiger partial charge in [-0.05, 0) is 12.5 Å². The topological polar surface area (TPSA) is 0 Å². The first kappa shape index (κ1) is 7.73. The zero-order chi connectivity index (χ0) is 6.24. The van der Waals surface area contributed by atoms with Gasteiger partial charge in [0.05, 0.1) is 10.2 Å². The van der Waals surface area contributed by atoms with Crippen molar-refractivity contribution < 1.29 is 0 Å². The third kappa shape index (κ3) is 5.73. The first-order chi connectivity index (χ1) is 3.91. The molecule has 0 N–H and O–H groups in total. The molecule has 0 aromatic rings. The molecule has 0 saturated heterocycles. The summed E-state index contributed by atoms with van der Waals surface area (Å²) in [6, 6.07) is 1.32. The van der Waals surface area contributed by atoms with Gasteiger partial charge in [-0.15, -0.1) is 12.1 Å². The lowest BCUT2D eigenvalue weighted by molar-refractivity contribution is 1.21. The normalized spacial score (nSPS) is 9.00. The van der Waals surface area contributed by atoms with Crippen molar-refractivity contribution in [3.63, 3.8) is 0 Å². The molecule has 0 radical (unpaired) electrons. The van der Waals surface area contributed by atoms with E-state index in [4.69, 9.17) is 0 Å². The average Bonchev–Trinajstić information content (AvgIpc) is 1.81. The van der Waals surface area contributed by atoms with Gasteiger partial charge in [0, 0.05) is 0 Å². The second-order valence-corrected chi connectivity index (χ2v) is 3.67. The van der Waals surface area contributed by atoms with Crippen LogP contribution < -0.4 is 0 Å². The second-order valence-electron chi connectivity index (χ2n) is 1.61. The fraction of sp³-hybridized carbons (Fsp3) is 0.333. The van der Waals surface area contributed by atoms with E-state index in [9.17, 15) is 0 Å². The first-order valence-corrected chi connectivity index (χ1v) is 5.63. The summed E-state index contributed by atoms with van der Waals surface area (Å²) in [5.74, 6) is 0. The Morgan fingerprint density at radius 1 is 1.75 bits per heavy atom. The standard InChI is InChI=1S/C6H12Si2/c1-2-3-5-8-6-4-7/h2H,1,3,5,8H2,7H3. The molecule has 0 spiro atoms. The molecule has 0 atom stereocenters. The molecule has 0 aliphatic rings. The van der Waals surface area contributed by atoms with Gasteiger partial charge in [0.15, 0.2) is 0 Å². The number of allylic oxidation sites excluding steroid dienone is 1. The fourth-order valence-electron chi connectivity index (χ4n) is 0.460.